The van der Waals surface area contributed by atoms with Crippen LogP contribution in [0.2, 0.25) is 0 Å². The minimum Gasteiger partial charge on any atom is -0.448 e. The quantitative estimate of drug-likeness (QED) is 0.590. The number of carbonyl (C=O) groups is 2. The second-order valence-electron chi connectivity index (χ2n) is 4.57. The van der Waals surface area contributed by atoms with E-state index in [1.54, 1.807) is 19.1 Å². The van der Waals surface area contributed by atoms with Gasteiger partial charge in [0, 0.05) is 17.9 Å². The lowest BCUT2D eigenvalue weighted by Crippen LogP contribution is -2.57. The molecule has 22 heavy (non-hydrogen) atoms. The van der Waals surface area contributed by atoms with Crippen LogP contribution in [0.1, 0.15) is 6.92 Å². The van der Waals surface area contributed by atoms with E-state index >= 15 is 0 Å². The molecule has 1 aliphatic heterocycles. The molecule has 1 atom stereocenters. The molecular weight excluding hydrogens is 352 g/mol. The van der Waals surface area contributed by atoms with Gasteiger partial charge >= 0.3 is 6.09 Å². The van der Waals surface area contributed by atoms with Crippen LogP contribution >= 0.6 is 15.9 Å². The first-order valence-electron chi connectivity index (χ1n) is 6.72. The van der Waals surface area contributed by atoms with Gasteiger partial charge in [-0.05, 0) is 35.0 Å². The molecule has 2 rings (SSSR count). The van der Waals surface area contributed by atoms with Crippen LogP contribution in [0.4, 0.5) is 10.5 Å². The van der Waals surface area contributed by atoms with Gasteiger partial charge in [-0.1, -0.05) is 18.2 Å². The van der Waals surface area contributed by atoms with Gasteiger partial charge in [-0.15, -0.1) is 0 Å². The largest absolute Gasteiger partial charge is 0.448 e. The van der Waals surface area contributed by atoms with Crippen molar-refractivity contribution in [3.05, 3.63) is 40.5 Å². The van der Waals surface area contributed by atoms with E-state index in [1.807, 2.05) is 18.2 Å². The van der Waals surface area contributed by atoms with Crippen molar-refractivity contribution in [1.82, 2.24) is 16.0 Å². The maximum absolute atomic E-state index is 11.6. The number of benzene rings is 1. The van der Waals surface area contributed by atoms with Gasteiger partial charge in [0.25, 0.3) is 5.91 Å². The fourth-order valence-corrected chi connectivity index (χ4v) is 2.03. The Hall–Kier alpha value is -2.06. The first-order chi connectivity index (χ1) is 10.6. The SMILES string of the molecule is CC1=C(Br)C(=O)NC(NCCOC(=O)Nc2ccccc2)N1. The molecule has 8 heteroatoms. The Morgan fingerprint density at radius 1 is 1.32 bits per heavy atom. The molecule has 1 aromatic carbocycles. The third kappa shape index (κ3) is 4.74. The van der Waals surface area contributed by atoms with E-state index in [0.29, 0.717) is 16.7 Å². The van der Waals surface area contributed by atoms with E-state index < -0.39 is 12.4 Å². The lowest BCUT2D eigenvalue weighted by atomic mass is 10.3. The number of para-hydroxylation sites is 1. The van der Waals surface area contributed by atoms with Crippen molar-refractivity contribution in [2.24, 2.45) is 0 Å². The molecule has 1 aromatic rings. The number of halogens is 1. The van der Waals surface area contributed by atoms with Crippen molar-refractivity contribution < 1.29 is 14.3 Å². The highest BCUT2D eigenvalue weighted by Crippen LogP contribution is 2.13. The molecule has 0 saturated carbocycles. The van der Waals surface area contributed by atoms with E-state index in [2.05, 4.69) is 37.2 Å². The maximum atomic E-state index is 11.6. The normalized spacial score (nSPS) is 17.5. The highest BCUT2D eigenvalue weighted by atomic mass is 79.9. The molecule has 0 fully saturated rings. The van der Waals surface area contributed by atoms with Crippen LogP contribution in [0.25, 0.3) is 0 Å². The minimum atomic E-state index is -0.521. The second-order valence-corrected chi connectivity index (χ2v) is 5.36. The van der Waals surface area contributed by atoms with Gasteiger partial charge in [-0.2, -0.15) is 0 Å². The van der Waals surface area contributed by atoms with Crippen LogP contribution < -0.4 is 21.3 Å². The van der Waals surface area contributed by atoms with E-state index in [1.165, 1.54) is 0 Å². The second kappa shape index (κ2) is 7.81. The predicted molar refractivity (Wildman–Crippen MR) is 86.1 cm³/mol. The Bertz CT molecular complexity index is 577. The number of anilines is 1. The van der Waals surface area contributed by atoms with Gasteiger partial charge in [-0.25, -0.2) is 4.79 Å². The molecule has 0 bridgehead atoms. The molecular formula is C14H17BrN4O3. The summed E-state index contributed by atoms with van der Waals surface area (Å²) in [4.78, 5) is 23.1. The first kappa shape index (κ1) is 16.3. The molecule has 2 amide bonds. The van der Waals surface area contributed by atoms with Crippen LogP contribution in [-0.2, 0) is 9.53 Å². The van der Waals surface area contributed by atoms with Gasteiger partial charge in [0.2, 0.25) is 0 Å². The zero-order valence-corrected chi connectivity index (χ0v) is 13.6. The summed E-state index contributed by atoms with van der Waals surface area (Å²) >= 11 is 3.18. The summed E-state index contributed by atoms with van der Waals surface area (Å²) in [6.45, 7) is 2.36. The Kier molecular flexibility index (Phi) is 5.79. The summed E-state index contributed by atoms with van der Waals surface area (Å²) in [5.74, 6) is -0.198. The molecule has 0 aliphatic carbocycles. The monoisotopic (exact) mass is 368 g/mol. The number of amides is 2. The summed E-state index contributed by atoms with van der Waals surface area (Å²) < 4.78 is 5.51. The average Bonchev–Trinajstić information content (AvgIpc) is 2.50. The maximum Gasteiger partial charge on any atom is 0.411 e. The third-order valence-electron chi connectivity index (χ3n) is 2.87. The van der Waals surface area contributed by atoms with Gasteiger partial charge in [0.15, 0.2) is 6.29 Å². The van der Waals surface area contributed by atoms with E-state index in [4.69, 9.17) is 4.74 Å². The van der Waals surface area contributed by atoms with E-state index in [9.17, 15) is 9.59 Å². The van der Waals surface area contributed by atoms with Crippen LogP contribution in [0.3, 0.4) is 0 Å². The minimum absolute atomic E-state index is 0.177. The van der Waals surface area contributed by atoms with Crippen molar-refractivity contribution >= 4 is 33.6 Å². The topological polar surface area (TPSA) is 91.5 Å². The number of carbonyl (C=O) groups excluding carboxylic acids is 2. The highest BCUT2D eigenvalue weighted by molar-refractivity contribution is 9.12. The van der Waals surface area contributed by atoms with Gasteiger partial charge in [0.1, 0.15) is 11.1 Å². The molecule has 0 saturated heterocycles. The summed E-state index contributed by atoms with van der Waals surface area (Å²) in [5.41, 5.74) is 1.41. The summed E-state index contributed by atoms with van der Waals surface area (Å²) in [6.07, 6.45) is -0.915. The molecule has 1 heterocycles. The van der Waals surface area contributed by atoms with Crippen molar-refractivity contribution in [2.75, 3.05) is 18.5 Å². The van der Waals surface area contributed by atoms with Gasteiger partial charge in [0.05, 0.1) is 0 Å². The Labute approximate surface area is 136 Å². The zero-order chi connectivity index (χ0) is 15.9. The van der Waals surface area contributed by atoms with Crippen LogP contribution in [0, 0.1) is 0 Å². The molecule has 4 N–H and O–H groups in total. The number of ether oxygens (including phenoxy) is 1. The van der Waals surface area contributed by atoms with E-state index in [-0.39, 0.29) is 12.5 Å². The smallest absolute Gasteiger partial charge is 0.411 e. The Balaban J connectivity index is 1.65. The number of hydrogen-bond acceptors (Lipinski definition) is 5. The van der Waals surface area contributed by atoms with Crippen LogP contribution in [0.5, 0.6) is 0 Å². The molecule has 7 nitrogen and oxygen atoms in total. The molecule has 0 aromatic heterocycles. The zero-order valence-electron chi connectivity index (χ0n) is 12.0. The Morgan fingerprint density at radius 2 is 2.05 bits per heavy atom. The predicted octanol–water partition coefficient (Wildman–Crippen LogP) is 1.45. The number of rotatable bonds is 5. The average molecular weight is 369 g/mol. The third-order valence-corrected chi connectivity index (χ3v) is 3.82. The summed E-state index contributed by atoms with van der Waals surface area (Å²) in [7, 11) is 0. The molecule has 118 valence electrons. The molecule has 0 spiro atoms. The lowest BCUT2D eigenvalue weighted by molar-refractivity contribution is -0.118. The fourth-order valence-electron chi connectivity index (χ4n) is 1.81. The lowest BCUT2D eigenvalue weighted by Gasteiger charge is -2.27. The summed E-state index contributed by atoms with van der Waals surface area (Å²) in [5, 5.41) is 11.4. The highest BCUT2D eigenvalue weighted by Gasteiger charge is 2.21. The van der Waals surface area contributed by atoms with Crippen LogP contribution in [-0.4, -0.2) is 31.4 Å². The Morgan fingerprint density at radius 3 is 2.73 bits per heavy atom. The summed E-state index contributed by atoms with van der Waals surface area (Å²) in [6, 6.07) is 9.05. The number of hydrogen-bond donors (Lipinski definition) is 4. The molecule has 1 aliphatic rings. The number of allylic oxidation sites excluding steroid dienone is 1. The molecule has 0 radical (unpaired) electrons. The first-order valence-corrected chi connectivity index (χ1v) is 7.51. The van der Waals surface area contributed by atoms with E-state index in [0.717, 1.165) is 5.70 Å². The molecule has 1 unspecified atom stereocenters. The van der Waals surface area contributed by atoms with Gasteiger partial charge in [-0.3, -0.25) is 15.4 Å². The fraction of sp³-hybridized carbons (Fsp3) is 0.286. The number of nitrogens with one attached hydrogen (secondary N) is 4. The van der Waals surface area contributed by atoms with Crippen molar-refractivity contribution in [1.29, 1.82) is 0 Å². The van der Waals surface area contributed by atoms with Gasteiger partial charge < -0.3 is 15.4 Å². The van der Waals surface area contributed by atoms with Crippen molar-refractivity contribution in [2.45, 2.75) is 13.2 Å². The van der Waals surface area contributed by atoms with Crippen molar-refractivity contribution in [3.8, 4) is 0 Å². The van der Waals surface area contributed by atoms with Crippen LogP contribution in [0.15, 0.2) is 40.5 Å². The standard InChI is InChI=1S/C14H17BrN4O3/c1-9-11(15)12(20)19-13(17-9)16-7-8-22-14(21)18-10-5-3-2-4-6-10/h2-6,13,16-17H,7-8H2,1H3,(H,18,21)(H,19,20). The van der Waals surface area contributed by atoms with Crippen molar-refractivity contribution in [3.63, 3.8) is 0 Å².